The fourth-order valence-electron chi connectivity index (χ4n) is 3.41. The molecule has 1 aliphatic heterocycles. The molecule has 164 valence electrons. The van der Waals surface area contributed by atoms with Crippen molar-refractivity contribution in [2.45, 2.75) is 26.4 Å². The van der Waals surface area contributed by atoms with Gasteiger partial charge in [0.1, 0.15) is 11.3 Å². The Balaban J connectivity index is 1.35. The summed E-state index contributed by atoms with van der Waals surface area (Å²) in [5.41, 5.74) is 8.14. The highest BCUT2D eigenvalue weighted by Crippen LogP contribution is 2.15. The number of imidazole rings is 1. The lowest BCUT2D eigenvalue weighted by Crippen LogP contribution is -2.34. The number of carbonyl (C=O) groups is 3. The van der Waals surface area contributed by atoms with Crippen LogP contribution < -0.4 is 16.7 Å². The Bertz CT molecular complexity index is 1290. The number of H-pyrrole nitrogens is 1. The van der Waals surface area contributed by atoms with Crippen molar-refractivity contribution in [3.63, 3.8) is 0 Å². The van der Waals surface area contributed by atoms with Crippen molar-refractivity contribution in [1.82, 2.24) is 29.7 Å². The first-order valence-corrected chi connectivity index (χ1v) is 9.92. The molecule has 3 aromatic rings. The predicted octanol–water partition coefficient (Wildman–Crippen LogP) is -0.0102. The normalized spacial score (nSPS) is 13.3. The zero-order chi connectivity index (χ0) is 22.8. The Morgan fingerprint density at radius 2 is 1.72 bits per heavy atom. The van der Waals surface area contributed by atoms with Crippen molar-refractivity contribution in [3.05, 3.63) is 63.9 Å². The lowest BCUT2D eigenvalue weighted by atomic mass is 10.1. The fourth-order valence-corrected chi connectivity index (χ4v) is 3.41. The van der Waals surface area contributed by atoms with E-state index in [1.807, 2.05) is 24.3 Å². The molecule has 3 amide bonds. The standard InChI is InChI=1S/C21H21N7O4/c1-12-24-19(22)18-20(25-12)28(21(32)26-18)11-14-4-2-13(3-5-14)10-23-15(29)8-9-27-16(30)6-7-17(27)31/h2-7H,8-11H2,1H3,(H,23,29)(H,26,32)(H2,22,24,25). The molecule has 4 rings (SSSR count). The molecule has 0 aliphatic carbocycles. The van der Waals surface area contributed by atoms with Gasteiger partial charge in [-0.25, -0.2) is 14.8 Å². The number of aromatic nitrogens is 4. The average Bonchev–Trinajstić information content (AvgIpc) is 3.25. The Morgan fingerprint density at radius 1 is 1.06 bits per heavy atom. The van der Waals surface area contributed by atoms with Gasteiger partial charge >= 0.3 is 5.69 Å². The van der Waals surface area contributed by atoms with Crippen LogP contribution in [-0.4, -0.2) is 48.7 Å². The van der Waals surface area contributed by atoms with Gasteiger partial charge in [0, 0.05) is 31.7 Å². The van der Waals surface area contributed by atoms with Crippen LogP contribution in [0.2, 0.25) is 0 Å². The average molecular weight is 435 g/mol. The molecule has 0 fully saturated rings. The van der Waals surface area contributed by atoms with Gasteiger partial charge in [-0.2, -0.15) is 0 Å². The number of rotatable bonds is 7. The maximum Gasteiger partial charge on any atom is 0.328 e. The number of nitrogens with two attached hydrogens (primary N) is 1. The SMILES string of the molecule is Cc1nc(N)c2[nH]c(=O)n(Cc3ccc(CNC(=O)CCN4C(=O)C=CC4=O)cc3)c2n1. The second-order valence-electron chi connectivity index (χ2n) is 7.38. The van der Waals surface area contributed by atoms with Crippen LogP contribution in [0.4, 0.5) is 5.82 Å². The Morgan fingerprint density at radius 3 is 2.41 bits per heavy atom. The summed E-state index contributed by atoms with van der Waals surface area (Å²) in [5, 5.41) is 2.76. The van der Waals surface area contributed by atoms with Crippen molar-refractivity contribution in [1.29, 1.82) is 0 Å². The summed E-state index contributed by atoms with van der Waals surface area (Å²) < 4.78 is 1.49. The number of imide groups is 1. The summed E-state index contributed by atoms with van der Waals surface area (Å²) in [4.78, 5) is 59.5. The van der Waals surface area contributed by atoms with Crippen LogP contribution in [0.5, 0.6) is 0 Å². The number of hydrogen-bond acceptors (Lipinski definition) is 7. The summed E-state index contributed by atoms with van der Waals surface area (Å²) in [6, 6.07) is 7.41. The maximum atomic E-state index is 12.3. The van der Waals surface area contributed by atoms with E-state index in [1.165, 1.54) is 16.7 Å². The minimum Gasteiger partial charge on any atom is -0.382 e. The van der Waals surface area contributed by atoms with E-state index < -0.39 is 11.8 Å². The van der Waals surface area contributed by atoms with Gasteiger partial charge in [0.15, 0.2) is 11.5 Å². The van der Waals surface area contributed by atoms with E-state index in [2.05, 4.69) is 20.3 Å². The molecule has 0 spiro atoms. The van der Waals surface area contributed by atoms with Gasteiger partial charge in [-0.05, 0) is 18.1 Å². The third-order valence-corrected chi connectivity index (χ3v) is 5.08. The van der Waals surface area contributed by atoms with Crippen LogP contribution >= 0.6 is 0 Å². The summed E-state index contributed by atoms with van der Waals surface area (Å²) in [7, 11) is 0. The van der Waals surface area contributed by atoms with Crippen LogP contribution in [-0.2, 0) is 27.5 Å². The number of carbonyl (C=O) groups excluding carboxylic acids is 3. The molecule has 0 saturated heterocycles. The van der Waals surface area contributed by atoms with E-state index in [4.69, 9.17) is 5.73 Å². The summed E-state index contributed by atoms with van der Waals surface area (Å²) in [5.74, 6) is -0.374. The first-order chi connectivity index (χ1) is 15.3. The van der Waals surface area contributed by atoms with E-state index >= 15 is 0 Å². The lowest BCUT2D eigenvalue weighted by molar-refractivity contribution is -0.137. The van der Waals surface area contributed by atoms with Crippen molar-refractivity contribution in [3.8, 4) is 0 Å². The topological polar surface area (TPSA) is 156 Å². The predicted molar refractivity (Wildman–Crippen MR) is 115 cm³/mol. The third kappa shape index (κ3) is 4.26. The molecular weight excluding hydrogens is 414 g/mol. The number of anilines is 1. The van der Waals surface area contributed by atoms with Crippen molar-refractivity contribution in [2.24, 2.45) is 0 Å². The van der Waals surface area contributed by atoms with Gasteiger partial charge in [-0.15, -0.1) is 0 Å². The second kappa shape index (κ2) is 8.46. The van der Waals surface area contributed by atoms with E-state index in [-0.39, 0.29) is 30.4 Å². The highest BCUT2D eigenvalue weighted by molar-refractivity contribution is 6.13. The lowest BCUT2D eigenvalue weighted by Gasteiger charge is -2.13. The fraction of sp³-hybridized carbons (Fsp3) is 0.238. The molecule has 0 saturated carbocycles. The number of nitrogens with one attached hydrogen (secondary N) is 2. The summed E-state index contributed by atoms with van der Waals surface area (Å²) in [6.07, 6.45) is 2.41. The van der Waals surface area contributed by atoms with Gasteiger partial charge in [0.2, 0.25) is 5.91 Å². The molecule has 4 N–H and O–H groups in total. The van der Waals surface area contributed by atoms with E-state index in [0.717, 1.165) is 16.0 Å². The molecule has 3 heterocycles. The van der Waals surface area contributed by atoms with Gasteiger partial charge in [0.05, 0.1) is 6.54 Å². The maximum absolute atomic E-state index is 12.3. The molecular formula is C21H21N7O4. The van der Waals surface area contributed by atoms with Crippen LogP contribution in [0.25, 0.3) is 11.2 Å². The summed E-state index contributed by atoms with van der Waals surface area (Å²) in [6.45, 7) is 2.35. The monoisotopic (exact) mass is 435 g/mol. The number of nitrogen functional groups attached to an aromatic ring is 1. The molecule has 11 nitrogen and oxygen atoms in total. The van der Waals surface area contributed by atoms with Crippen LogP contribution in [0, 0.1) is 6.92 Å². The van der Waals surface area contributed by atoms with Crippen LogP contribution in [0.1, 0.15) is 23.4 Å². The van der Waals surface area contributed by atoms with Gasteiger partial charge in [0.25, 0.3) is 11.8 Å². The van der Waals surface area contributed by atoms with Gasteiger partial charge in [-0.1, -0.05) is 24.3 Å². The smallest absolute Gasteiger partial charge is 0.328 e. The Kier molecular flexibility index (Phi) is 5.54. The van der Waals surface area contributed by atoms with E-state index in [1.54, 1.807) is 6.92 Å². The van der Waals surface area contributed by atoms with Crippen LogP contribution in [0.15, 0.2) is 41.2 Å². The molecule has 1 aromatic carbocycles. The zero-order valence-electron chi connectivity index (χ0n) is 17.3. The number of nitrogens with zero attached hydrogens (tertiary/aromatic N) is 4. The molecule has 2 aromatic heterocycles. The zero-order valence-corrected chi connectivity index (χ0v) is 17.3. The molecule has 0 bridgehead atoms. The highest BCUT2D eigenvalue weighted by atomic mass is 16.2. The first kappa shape index (κ1) is 21.0. The summed E-state index contributed by atoms with van der Waals surface area (Å²) >= 11 is 0. The van der Waals surface area contributed by atoms with Crippen molar-refractivity contribution in [2.75, 3.05) is 12.3 Å². The Hall–Kier alpha value is -4.28. The minimum absolute atomic E-state index is 0.0329. The number of hydrogen-bond donors (Lipinski definition) is 3. The number of fused-ring (bicyclic) bond motifs is 1. The quantitative estimate of drug-likeness (QED) is 0.441. The molecule has 11 heteroatoms. The van der Waals surface area contributed by atoms with Gasteiger partial charge in [-0.3, -0.25) is 23.9 Å². The van der Waals surface area contributed by atoms with E-state index in [9.17, 15) is 19.2 Å². The number of amides is 3. The molecule has 0 unspecified atom stereocenters. The third-order valence-electron chi connectivity index (χ3n) is 5.08. The van der Waals surface area contributed by atoms with Gasteiger partial charge < -0.3 is 16.0 Å². The first-order valence-electron chi connectivity index (χ1n) is 9.92. The molecule has 32 heavy (non-hydrogen) atoms. The van der Waals surface area contributed by atoms with Crippen LogP contribution in [0.3, 0.4) is 0 Å². The molecule has 0 atom stereocenters. The second-order valence-corrected chi connectivity index (χ2v) is 7.38. The minimum atomic E-state index is -0.406. The van der Waals surface area contributed by atoms with Crippen molar-refractivity contribution >= 4 is 34.7 Å². The number of aryl methyl sites for hydroxylation is 1. The number of benzene rings is 1. The van der Waals surface area contributed by atoms with E-state index in [0.29, 0.717) is 30.1 Å². The Labute approximate surface area is 181 Å². The molecule has 1 aliphatic rings. The van der Waals surface area contributed by atoms with Crippen molar-refractivity contribution < 1.29 is 14.4 Å². The highest BCUT2D eigenvalue weighted by Gasteiger charge is 2.23. The largest absolute Gasteiger partial charge is 0.382 e. The number of aromatic amines is 1. The molecule has 0 radical (unpaired) electrons.